The Morgan fingerprint density at radius 3 is 2.53 bits per heavy atom. The Bertz CT molecular complexity index is 443. The van der Waals surface area contributed by atoms with Gasteiger partial charge in [0.15, 0.2) is 0 Å². The van der Waals surface area contributed by atoms with Crippen LogP contribution >= 0.6 is 0 Å². The molecule has 0 aliphatic heterocycles. The molecule has 102 valence electrons. The predicted molar refractivity (Wildman–Crippen MR) is 74.8 cm³/mol. The van der Waals surface area contributed by atoms with Crippen molar-refractivity contribution in [2.45, 2.75) is 38.8 Å². The fourth-order valence-electron chi connectivity index (χ4n) is 1.64. The number of rotatable bonds is 4. The normalized spacial score (nSPS) is 12.3. The van der Waals surface area contributed by atoms with E-state index in [1.54, 1.807) is 0 Å². The minimum atomic E-state index is -0.528. The topological polar surface area (TPSA) is 42.7 Å². The first-order valence-electron chi connectivity index (χ1n) is 6.27. The molecule has 4 nitrogen and oxygen atoms in total. The van der Waals surface area contributed by atoms with Gasteiger partial charge in [-0.25, -0.2) is 11.4 Å². The second-order valence-corrected chi connectivity index (χ2v) is 5.37. The van der Waals surface area contributed by atoms with Gasteiger partial charge < -0.3 is 14.9 Å². The smallest absolute Gasteiger partial charge is 0.408 e. The number of carbonyl (C=O) groups is 1. The predicted octanol–water partition coefficient (Wildman–Crippen LogP) is 3.04. The van der Waals surface area contributed by atoms with E-state index in [0.717, 1.165) is 5.56 Å². The molecule has 0 saturated heterocycles. The van der Waals surface area contributed by atoms with E-state index in [1.807, 2.05) is 51.1 Å². The van der Waals surface area contributed by atoms with E-state index in [4.69, 9.17) is 11.3 Å². The van der Waals surface area contributed by atoms with Crippen LogP contribution in [0.2, 0.25) is 0 Å². The van der Waals surface area contributed by atoms with Gasteiger partial charge >= 0.3 is 6.09 Å². The van der Waals surface area contributed by atoms with E-state index in [0.29, 0.717) is 6.42 Å². The lowest BCUT2D eigenvalue weighted by Gasteiger charge is -2.21. The standard InChI is InChI=1S/C15H20N2O2/c1-15(2,3)19-14(18)17-13(11-16-4)10-12-8-6-5-7-9-12/h5-9,13H,10-11H2,1-3H3,(H,17,18). The van der Waals surface area contributed by atoms with E-state index >= 15 is 0 Å². The Morgan fingerprint density at radius 2 is 2.00 bits per heavy atom. The van der Waals surface area contributed by atoms with Crippen molar-refractivity contribution in [1.82, 2.24) is 5.32 Å². The van der Waals surface area contributed by atoms with E-state index in [9.17, 15) is 4.79 Å². The van der Waals surface area contributed by atoms with Crippen LogP contribution in [0.4, 0.5) is 4.79 Å². The number of carbonyl (C=O) groups excluding carboxylic acids is 1. The Labute approximate surface area is 114 Å². The van der Waals surface area contributed by atoms with Crippen molar-refractivity contribution in [3.8, 4) is 0 Å². The van der Waals surface area contributed by atoms with Gasteiger partial charge in [-0.15, -0.1) is 0 Å². The number of nitrogens with zero attached hydrogens (tertiary/aromatic N) is 1. The zero-order valence-corrected chi connectivity index (χ0v) is 11.6. The van der Waals surface area contributed by atoms with E-state index in [-0.39, 0.29) is 12.6 Å². The van der Waals surface area contributed by atoms with Crippen molar-refractivity contribution in [2.75, 3.05) is 6.54 Å². The highest BCUT2D eigenvalue weighted by molar-refractivity contribution is 5.68. The lowest BCUT2D eigenvalue weighted by Crippen LogP contribution is -2.41. The molecular weight excluding hydrogens is 240 g/mol. The third-order valence-corrected chi connectivity index (χ3v) is 2.36. The Hall–Kier alpha value is -2.02. The number of benzene rings is 1. The number of amides is 1. The lowest BCUT2D eigenvalue weighted by atomic mass is 10.1. The Kier molecular flexibility index (Phi) is 5.37. The van der Waals surface area contributed by atoms with Crippen molar-refractivity contribution in [2.24, 2.45) is 0 Å². The number of hydrogen-bond donors (Lipinski definition) is 1. The monoisotopic (exact) mass is 260 g/mol. The molecule has 0 spiro atoms. The molecule has 0 bridgehead atoms. The minimum absolute atomic E-state index is 0.227. The van der Waals surface area contributed by atoms with Gasteiger partial charge in [0.2, 0.25) is 6.54 Å². The first-order valence-corrected chi connectivity index (χ1v) is 6.27. The summed E-state index contributed by atoms with van der Waals surface area (Å²) in [5.74, 6) is 0. The molecule has 1 aromatic carbocycles. The molecule has 1 atom stereocenters. The minimum Gasteiger partial charge on any atom is -0.444 e. The highest BCUT2D eigenvalue weighted by Crippen LogP contribution is 2.08. The van der Waals surface area contributed by atoms with Crippen LogP contribution in [0.3, 0.4) is 0 Å². The third kappa shape index (κ3) is 6.46. The third-order valence-electron chi connectivity index (χ3n) is 2.36. The summed E-state index contributed by atoms with van der Waals surface area (Å²) in [6.45, 7) is 12.6. The molecule has 4 heteroatoms. The molecule has 0 aromatic heterocycles. The summed E-state index contributed by atoms with van der Waals surface area (Å²) >= 11 is 0. The van der Waals surface area contributed by atoms with Crippen LogP contribution in [-0.2, 0) is 11.2 Å². The summed E-state index contributed by atoms with van der Waals surface area (Å²) in [6.07, 6.45) is 0.153. The molecule has 0 fully saturated rings. The van der Waals surface area contributed by atoms with Crippen molar-refractivity contribution in [1.29, 1.82) is 0 Å². The van der Waals surface area contributed by atoms with E-state index < -0.39 is 11.7 Å². The fraction of sp³-hybridized carbons (Fsp3) is 0.467. The number of hydrogen-bond acceptors (Lipinski definition) is 2. The molecule has 1 aromatic rings. The van der Waals surface area contributed by atoms with Crippen molar-refractivity contribution in [3.63, 3.8) is 0 Å². The van der Waals surface area contributed by atoms with Gasteiger partial charge in [0.1, 0.15) is 11.6 Å². The fourth-order valence-corrected chi connectivity index (χ4v) is 1.64. The van der Waals surface area contributed by atoms with Crippen molar-refractivity contribution < 1.29 is 9.53 Å². The quantitative estimate of drug-likeness (QED) is 0.845. The molecule has 1 amide bonds. The molecule has 0 radical (unpaired) electrons. The number of alkyl carbamates (subject to hydrolysis) is 1. The summed E-state index contributed by atoms with van der Waals surface area (Å²) in [5, 5.41) is 2.75. The van der Waals surface area contributed by atoms with Crippen LogP contribution in [-0.4, -0.2) is 24.3 Å². The zero-order chi connectivity index (χ0) is 14.3. The van der Waals surface area contributed by atoms with Crippen LogP contribution in [0.15, 0.2) is 30.3 Å². The average molecular weight is 260 g/mol. The first-order chi connectivity index (χ1) is 8.90. The summed E-state index contributed by atoms with van der Waals surface area (Å²) < 4.78 is 5.20. The Balaban J connectivity index is 2.59. The molecule has 0 aliphatic rings. The van der Waals surface area contributed by atoms with Crippen LogP contribution in [0, 0.1) is 6.57 Å². The molecule has 1 N–H and O–H groups in total. The molecular formula is C15H20N2O2. The van der Waals surface area contributed by atoms with Crippen molar-refractivity contribution in [3.05, 3.63) is 47.3 Å². The maximum atomic E-state index is 11.7. The highest BCUT2D eigenvalue weighted by Gasteiger charge is 2.21. The maximum absolute atomic E-state index is 11.7. The van der Waals surface area contributed by atoms with Crippen LogP contribution in [0.5, 0.6) is 0 Å². The molecule has 0 heterocycles. The SMILES string of the molecule is [C-]#[N+]CC(Cc1ccccc1)NC(=O)OC(C)(C)C. The summed E-state index contributed by atoms with van der Waals surface area (Å²) in [6, 6.07) is 9.56. The number of ether oxygens (including phenoxy) is 1. The van der Waals surface area contributed by atoms with Gasteiger partial charge in [-0.3, -0.25) is 0 Å². The van der Waals surface area contributed by atoms with Gasteiger partial charge in [-0.1, -0.05) is 30.3 Å². The molecule has 1 rings (SSSR count). The molecule has 0 aliphatic carbocycles. The van der Waals surface area contributed by atoms with Crippen molar-refractivity contribution >= 4 is 6.09 Å². The lowest BCUT2D eigenvalue weighted by molar-refractivity contribution is 0.0508. The van der Waals surface area contributed by atoms with E-state index in [2.05, 4.69) is 10.2 Å². The zero-order valence-electron chi connectivity index (χ0n) is 11.6. The van der Waals surface area contributed by atoms with E-state index in [1.165, 1.54) is 0 Å². The largest absolute Gasteiger partial charge is 0.444 e. The molecule has 19 heavy (non-hydrogen) atoms. The molecule has 1 unspecified atom stereocenters. The maximum Gasteiger partial charge on any atom is 0.408 e. The van der Waals surface area contributed by atoms with Gasteiger partial charge in [-0.2, -0.15) is 0 Å². The summed E-state index contributed by atoms with van der Waals surface area (Å²) in [7, 11) is 0. The summed E-state index contributed by atoms with van der Waals surface area (Å²) in [5.41, 5.74) is 0.562. The van der Waals surface area contributed by atoms with Crippen LogP contribution in [0.25, 0.3) is 4.85 Å². The second kappa shape index (κ2) is 6.79. The van der Waals surface area contributed by atoms with Gasteiger partial charge in [0, 0.05) is 6.42 Å². The molecule has 0 saturated carbocycles. The van der Waals surface area contributed by atoms with Gasteiger partial charge in [0.05, 0.1) is 0 Å². The Morgan fingerprint density at radius 1 is 1.37 bits per heavy atom. The van der Waals surface area contributed by atoms with Crippen LogP contribution in [0.1, 0.15) is 26.3 Å². The highest BCUT2D eigenvalue weighted by atomic mass is 16.6. The number of nitrogens with one attached hydrogen (secondary N) is 1. The second-order valence-electron chi connectivity index (χ2n) is 5.37. The average Bonchev–Trinajstić information content (AvgIpc) is 2.27. The summed E-state index contributed by atoms with van der Waals surface area (Å²) in [4.78, 5) is 15.1. The van der Waals surface area contributed by atoms with Crippen LogP contribution < -0.4 is 5.32 Å². The van der Waals surface area contributed by atoms with Gasteiger partial charge in [0.25, 0.3) is 0 Å². The first kappa shape index (κ1) is 15.0. The van der Waals surface area contributed by atoms with Gasteiger partial charge in [-0.05, 0) is 26.3 Å².